The number of Topliss-reactive ketones (excluding diaryl/α,β-unsaturated/α-hetero) is 1. The zero-order valence-electron chi connectivity index (χ0n) is 15.9. The average molecular weight is 392 g/mol. The Balaban J connectivity index is 1.75. The second-order valence-corrected chi connectivity index (χ2v) is 7.70. The summed E-state index contributed by atoms with van der Waals surface area (Å²) in [5.74, 6) is 0.317. The first-order chi connectivity index (χ1) is 13.5. The molecule has 0 spiro atoms. The first-order valence-corrected chi connectivity index (χ1v) is 9.99. The molecule has 0 N–H and O–H groups in total. The van der Waals surface area contributed by atoms with Gasteiger partial charge in [-0.05, 0) is 39.0 Å². The molecular weight excluding hydrogens is 372 g/mol. The number of ketones is 1. The fourth-order valence-corrected chi connectivity index (χ4v) is 4.06. The van der Waals surface area contributed by atoms with E-state index in [1.807, 2.05) is 53.9 Å². The highest BCUT2D eigenvalue weighted by Crippen LogP contribution is 2.39. The van der Waals surface area contributed by atoms with E-state index in [0.29, 0.717) is 11.4 Å². The van der Waals surface area contributed by atoms with Gasteiger partial charge in [-0.2, -0.15) is 0 Å². The van der Waals surface area contributed by atoms with Crippen molar-refractivity contribution in [1.29, 1.82) is 0 Å². The van der Waals surface area contributed by atoms with Crippen LogP contribution in [0.3, 0.4) is 0 Å². The Morgan fingerprint density at radius 1 is 1.18 bits per heavy atom. The highest BCUT2D eigenvalue weighted by Gasteiger charge is 2.36. The summed E-state index contributed by atoms with van der Waals surface area (Å²) in [5, 5.41) is 2.93. The smallest absolute Gasteiger partial charge is 0.268 e. The molecule has 4 rings (SSSR count). The monoisotopic (exact) mass is 392 g/mol. The van der Waals surface area contributed by atoms with Crippen molar-refractivity contribution < 1.29 is 14.3 Å². The summed E-state index contributed by atoms with van der Waals surface area (Å²) in [5.41, 5.74) is 3.38. The Labute approximate surface area is 167 Å². The van der Waals surface area contributed by atoms with Crippen molar-refractivity contribution in [1.82, 2.24) is 4.98 Å². The molecule has 5 nitrogen and oxygen atoms in total. The summed E-state index contributed by atoms with van der Waals surface area (Å²) < 4.78 is 5.75. The summed E-state index contributed by atoms with van der Waals surface area (Å²) >= 11 is 1.57. The number of benzene rings is 2. The van der Waals surface area contributed by atoms with Crippen molar-refractivity contribution in [2.75, 3.05) is 4.90 Å². The Kier molecular flexibility index (Phi) is 4.73. The van der Waals surface area contributed by atoms with Crippen molar-refractivity contribution in [2.45, 2.75) is 32.9 Å². The normalized spacial score (nSPS) is 17.0. The first kappa shape index (κ1) is 18.4. The minimum atomic E-state index is -0.621. The van der Waals surface area contributed by atoms with Gasteiger partial charge in [-0.25, -0.2) is 4.98 Å². The summed E-state index contributed by atoms with van der Waals surface area (Å²) in [6, 6.07) is 15.1. The molecular formula is C22H20N2O3S. The molecule has 3 aromatic rings. The maximum atomic E-state index is 12.7. The lowest BCUT2D eigenvalue weighted by Gasteiger charge is -2.36. The highest BCUT2D eigenvalue weighted by molar-refractivity contribution is 7.13. The van der Waals surface area contributed by atoms with Crippen LogP contribution in [-0.4, -0.2) is 28.8 Å². The second kappa shape index (κ2) is 7.20. The van der Waals surface area contributed by atoms with Gasteiger partial charge in [0.2, 0.25) is 0 Å². The van der Waals surface area contributed by atoms with E-state index in [-0.39, 0.29) is 11.7 Å². The lowest BCUT2D eigenvalue weighted by Crippen LogP contribution is -2.51. The van der Waals surface area contributed by atoms with Crippen LogP contribution in [0.1, 0.15) is 20.8 Å². The third kappa shape index (κ3) is 3.20. The molecule has 142 valence electrons. The van der Waals surface area contributed by atoms with E-state index >= 15 is 0 Å². The summed E-state index contributed by atoms with van der Waals surface area (Å²) in [6.07, 6.45) is -0.621. The number of carbonyl (C=O) groups excluding carboxylic acids is 2. The van der Waals surface area contributed by atoms with Crippen molar-refractivity contribution >= 4 is 28.7 Å². The first-order valence-electron chi connectivity index (χ1n) is 9.11. The van der Waals surface area contributed by atoms with Crippen molar-refractivity contribution in [3.05, 3.63) is 53.9 Å². The topological polar surface area (TPSA) is 59.5 Å². The maximum Gasteiger partial charge on any atom is 0.268 e. The number of rotatable bonds is 4. The Hall–Kier alpha value is -2.99. The maximum absolute atomic E-state index is 12.7. The van der Waals surface area contributed by atoms with Crippen LogP contribution in [0.4, 0.5) is 5.69 Å². The quantitative estimate of drug-likeness (QED) is 0.653. The third-order valence-electron chi connectivity index (χ3n) is 4.90. The zero-order chi connectivity index (χ0) is 19.8. The van der Waals surface area contributed by atoms with E-state index in [0.717, 1.165) is 21.8 Å². The number of hydrogen-bond acceptors (Lipinski definition) is 5. The van der Waals surface area contributed by atoms with Crippen LogP contribution in [0.2, 0.25) is 0 Å². The van der Waals surface area contributed by atoms with E-state index in [9.17, 15) is 9.59 Å². The minimum Gasteiger partial charge on any atom is -0.479 e. The number of amides is 1. The molecule has 0 bridgehead atoms. The van der Waals surface area contributed by atoms with Gasteiger partial charge in [-0.1, -0.05) is 30.3 Å². The van der Waals surface area contributed by atoms with E-state index in [2.05, 4.69) is 0 Å². The van der Waals surface area contributed by atoms with Gasteiger partial charge < -0.3 is 4.74 Å². The SMILES string of the molecule is CC(=O)C(C)N1C(=O)C(C)Oc2ccc(-c3csc(-c4ccccc4)n3)cc21. The Morgan fingerprint density at radius 2 is 1.93 bits per heavy atom. The van der Waals surface area contributed by atoms with Gasteiger partial charge in [0.25, 0.3) is 5.91 Å². The van der Waals surface area contributed by atoms with Crippen molar-refractivity contribution in [2.24, 2.45) is 0 Å². The van der Waals surface area contributed by atoms with Gasteiger partial charge in [-0.15, -0.1) is 11.3 Å². The summed E-state index contributed by atoms with van der Waals surface area (Å²) in [7, 11) is 0. The highest BCUT2D eigenvalue weighted by atomic mass is 32.1. The number of fused-ring (bicyclic) bond motifs is 1. The van der Waals surface area contributed by atoms with Gasteiger partial charge in [0.05, 0.1) is 17.4 Å². The molecule has 2 heterocycles. The number of hydrogen-bond donors (Lipinski definition) is 0. The van der Waals surface area contributed by atoms with E-state index < -0.39 is 12.1 Å². The van der Waals surface area contributed by atoms with Crippen LogP contribution in [-0.2, 0) is 9.59 Å². The van der Waals surface area contributed by atoms with Gasteiger partial charge in [-0.3, -0.25) is 14.5 Å². The number of nitrogens with zero attached hydrogens (tertiary/aromatic N) is 2. The van der Waals surface area contributed by atoms with E-state index in [1.54, 1.807) is 30.1 Å². The van der Waals surface area contributed by atoms with Gasteiger partial charge in [0.1, 0.15) is 10.8 Å². The fraction of sp³-hybridized carbons (Fsp3) is 0.227. The fourth-order valence-electron chi connectivity index (χ4n) is 3.22. The molecule has 2 atom stereocenters. The van der Waals surface area contributed by atoms with Gasteiger partial charge in [0.15, 0.2) is 11.9 Å². The molecule has 1 aliphatic rings. The molecule has 2 aromatic carbocycles. The van der Waals surface area contributed by atoms with Crippen LogP contribution in [0.15, 0.2) is 53.9 Å². The summed E-state index contributed by atoms with van der Waals surface area (Å²) in [6.45, 7) is 4.94. The van der Waals surface area contributed by atoms with Crippen molar-refractivity contribution in [3.63, 3.8) is 0 Å². The number of anilines is 1. The average Bonchev–Trinajstić information content (AvgIpc) is 3.19. The lowest BCUT2D eigenvalue weighted by molar-refractivity contribution is -0.128. The zero-order valence-corrected chi connectivity index (χ0v) is 16.7. The molecule has 6 heteroatoms. The van der Waals surface area contributed by atoms with Crippen LogP contribution >= 0.6 is 11.3 Å². The molecule has 0 saturated carbocycles. The largest absolute Gasteiger partial charge is 0.479 e. The minimum absolute atomic E-state index is 0.0705. The number of aromatic nitrogens is 1. The number of ether oxygens (including phenoxy) is 1. The lowest BCUT2D eigenvalue weighted by atomic mass is 10.1. The van der Waals surface area contributed by atoms with E-state index in [1.165, 1.54) is 6.92 Å². The molecule has 28 heavy (non-hydrogen) atoms. The van der Waals surface area contributed by atoms with Crippen LogP contribution < -0.4 is 9.64 Å². The van der Waals surface area contributed by atoms with Gasteiger partial charge >= 0.3 is 0 Å². The molecule has 1 aliphatic heterocycles. The predicted octanol–water partition coefficient (Wildman–Crippen LogP) is 4.57. The van der Waals surface area contributed by atoms with Crippen LogP contribution in [0, 0.1) is 0 Å². The Morgan fingerprint density at radius 3 is 2.64 bits per heavy atom. The Bertz CT molecular complexity index is 1040. The third-order valence-corrected chi connectivity index (χ3v) is 5.80. The molecule has 1 amide bonds. The van der Waals surface area contributed by atoms with E-state index in [4.69, 9.17) is 9.72 Å². The molecule has 0 fully saturated rings. The molecule has 2 unspecified atom stereocenters. The summed E-state index contributed by atoms with van der Waals surface area (Å²) in [4.78, 5) is 31.0. The standard InChI is InChI=1S/C22H20N2O3S/c1-13(14(2)25)24-19-11-17(9-10-20(19)27-15(3)22(24)26)18-12-28-21(23-18)16-7-5-4-6-8-16/h4-13,15H,1-3H3. The van der Waals surface area contributed by atoms with Crippen molar-refractivity contribution in [3.8, 4) is 27.6 Å². The van der Waals surface area contributed by atoms with Gasteiger partial charge in [0, 0.05) is 16.5 Å². The molecule has 0 saturated heterocycles. The molecule has 0 radical (unpaired) electrons. The van der Waals surface area contributed by atoms with Crippen LogP contribution in [0.25, 0.3) is 21.8 Å². The predicted molar refractivity (Wildman–Crippen MR) is 111 cm³/mol. The number of thiazole rings is 1. The molecule has 0 aliphatic carbocycles. The second-order valence-electron chi connectivity index (χ2n) is 6.84. The van der Waals surface area contributed by atoms with Crippen LogP contribution in [0.5, 0.6) is 5.75 Å². The number of carbonyl (C=O) groups is 2. The molecule has 1 aromatic heterocycles.